The number of amides is 1. The van der Waals surface area contributed by atoms with Gasteiger partial charge in [-0.2, -0.15) is 0 Å². The highest BCUT2D eigenvalue weighted by Crippen LogP contribution is 2.21. The molecule has 106 valence electrons. The van der Waals surface area contributed by atoms with E-state index in [0.29, 0.717) is 0 Å². The summed E-state index contributed by atoms with van der Waals surface area (Å²) in [6.45, 7) is 0. The summed E-state index contributed by atoms with van der Waals surface area (Å²) < 4.78 is 25.9. The monoisotopic (exact) mass is 312 g/mol. The number of anilines is 2. The summed E-state index contributed by atoms with van der Waals surface area (Å²) in [7, 11) is -2.36. The fraction of sp³-hybridized carbons (Fsp3) is 0.0909. The van der Waals surface area contributed by atoms with E-state index in [1.54, 1.807) is 12.1 Å². The highest BCUT2D eigenvalue weighted by atomic mass is 32.2. The van der Waals surface area contributed by atoms with Gasteiger partial charge in [0.05, 0.1) is 5.69 Å². The van der Waals surface area contributed by atoms with Gasteiger partial charge in [-0.25, -0.2) is 18.1 Å². The second-order valence-corrected chi connectivity index (χ2v) is 6.47. The number of nitrogens with two attached hydrogens (primary N) is 1. The minimum atomic E-state index is -3.66. The number of nitrogens with one attached hydrogen (secondary N) is 2. The standard InChI is InChI=1S/C11H12N4O3S2/c1-13-20(17,18)9-5-3-2-4-7(9)14-10(16)8-6-19-11(12)15-8/h2-6,13H,1H3,(H2,12,15)(H,14,16). The summed E-state index contributed by atoms with van der Waals surface area (Å²) in [6.07, 6.45) is 0. The molecule has 0 aliphatic heterocycles. The molecule has 2 rings (SSSR count). The van der Waals surface area contributed by atoms with Gasteiger partial charge in [-0.05, 0) is 19.2 Å². The summed E-state index contributed by atoms with van der Waals surface area (Å²) in [5, 5.41) is 4.28. The van der Waals surface area contributed by atoms with E-state index in [0.717, 1.165) is 11.3 Å². The van der Waals surface area contributed by atoms with Gasteiger partial charge in [0.25, 0.3) is 5.91 Å². The summed E-state index contributed by atoms with van der Waals surface area (Å²) in [5.41, 5.74) is 5.77. The molecule has 1 heterocycles. The Morgan fingerprint density at radius 3 is 2.65 bits per heavy atom. The number of nitrogens with zero attached hydrogens (tertiary/aromatic N) is 1. The maximum absolute atomic E-state index is 12.0. The Morgan fingerprint density at radius 2 is 2.05 bits per heavy atom. The molecule has 1 amide bonds. The van der Waals surface area contributed by atoms with E-state index < -0.39 is 15.9 Å². The number of rotatable bonds is 4. The Hall–Kier alpha value is -1.97. The number of hydrogen-bond acceptors (Lipinski definition) is 6. The minimum absolute atomic E-state index is 0.0148. The van der Waals surface area contributed by atoms with Crippen LogP contribution in [0, 0.1) is 0 Å². The largest absolute Gasteiger partial charge is 0.375 e. The molecule has 0 aliphatic rings. The van der Waals surface area contributed by atoms with E-state index in [4.69, 9.17) is 5.73 Å². The predicted molar refractivity (Wildman–Crippen MR) is 77.2 cm³/mol. The third-order valence-corrected chi connectivity index (χ3v) is 4.59. The van der Waals surface area contributed by atoms with E-state index in [1.165, 1.54) is 24.6 Å². The van der Waals surface area contributed by atoms with Crippen LogP contribution in [0.1, 0.15) is 10.5 Å². The number of carbonyl (C=O) groups excluding carboxylic acids is 1. The van der Waals surface area contributed by atoms with Crippen LogP contribution in [-0.4, -0.2) is 26.4 Å². The van der Waals surface area contributed by atoms with Crippen LogP contribution >= 0.6 is 11.3 Å². The first-order chi connectivity index (χ1) is 9.44. The third-order valence-electron chi connectivity index (χ3n) is 2.45. The smallest absolute Gasteiger partial charge is 0.275 e. The normalized spacial score (nSPS) is 11.2. The second kappa shape index (κ2) is 5.57. The number of benzene rings is 1. The van der Waals surface area contributed by atoms with E-state index in [2.05, 4.69) is 15.0 Å². The summed E-state index contributed by atoms with van der Waals surface area (Å²) in [5.74, 6) is -0.517. The van der Waals surface area contributed by atoms with Crippen LogP contribution in [0.3, 0.4) is 0 Å². The number of sulfonamides is 1. The zero-order valence-electron chi connectivity index (χ0n) is 10.5. The van der Waals surface area contributed by atoms with Crippen molar-refractivity contribution in [1.29, 1.82) is 0 Å². The fourth-order valence-corrected chi connectivity index (χ4v) is 2.92. The quantitative estimate of drug-likeness (QED) is 0.775. The molecule has 7 nitrogen and oxygen atoms in total. The Labute approximate surface area is 119 Å². The van der Waals surface area contributed by atoms with Gasteiger partial charge >= 0.3 is 0 Å². The van der Waals surface area contributed by atoms with E-state index in [-0.39, 0.29) is 21.4 Å². The van der Waals surface area contributed by atoms with E-state index in [9.17, 15) is 13.2 Å². The molecule has 0 unspecified atom stereocenters. The van der Waals surface area contributed by atoms with Crippen molar-refractivity contribution in [2.24, 2.45) is 0 Å². The van der Waals surface area contributed by atoms with Crippen LogP contribution in [0.4, 0.5) is 10.8 Å². The van der Waals surface area contributed by atoms with Crippen molar-refractivity contribution in [2.45, 2.75) is 4.90 Å². The first-order valence-corrected chi connectivity index (χ1v) is 7.85. The Balaban J connectivity index is 2.33. The van der Waals surface area contributed by atoms with Gasteiger partial charge in [0.1, 0.15) is 10.6 Å². The Kier molecular flexibility index (Phi) is 4.02. The van der Waals surface area contributed by atoms with Crippen LogP contribution < -0.4 is 15.8 Å². The highest BCUT2D eigenvalue weighted by Gasteiger charge is 2.18. The van der Waals surface area contributed by atoms with Gasteiger partial charge in [-0.15, -0.1) is 11.3 Å². The van der Waals surface area contributed by atoms with Crippen LogP contribution in [-0.2, 0) is 10.0 Å². The molecule has 0 aliphatic carbocycles. The number of hydrogen-bond donors (Lipinski definition) is 3. The van der Waals surface area contributed by atoms with Crippen molar-refractivity contribution in [3.8, 4) is 0 Å². The third kappa shape index (κ3) is 2.95. The first kappa shape index (κ1) is 14.4. The van der Waals surface area contributed by atoms with E-state index >= 15 is 0 Å². The zero-order chi connectivity index (χ0) is 14.8. The lowest BCUT2D eigenvalue weighted by Gasteiger charge is -2.10. The number of carbonyl (C=O) groups is 1. The van der Waals surface area contributed by atoms with Crippen LogP contribution in [0.15, 0.2) is 34.5 Å². The molecule has 1 aromatic carbocycles. The molecule has 0 fully saturated rings. The van der Waals surface area contributed by atoms with Gasteiger partial charge in [0.2, 0.25) is 10.0 Å². The summed E-state index contributed by atoms with van der Waals surface area (Å²) >= 11 is 1.13. The van der Waals surface area contributed by atoms with Gasteiger partial charge in [-0.3, -0.25) is 4.79 Å². The van der Waals surface area contributed by atoms with Gasteiger partial charge in [-0.1, -0.05) is 12.1 Å². The number of nitrogen functional groups attached to an aromatic ring is 1. The van der Waals surface area contributed by atoms with Crippen LogP contribution in [0.2, 0.25) is 0 Å². The van der Waals surface area contributed by atoms with Gasteiger partial charge in [0, 0.05) is 5.38 Å². The first-order valence-electron chi connectivity index (χ1n) is 5.49. The molecule has 0 saturated carbocycles. The molecule has 1 aromatic heterocycles. The molecular formula is C11H12N4O3S2. The number of thiazole rings is 1. The molecule has 2 aromatic rings. The van der Waals surface area contributed by atoms with Crippen molar-refractivity contribution in [3.05, 3.63) is 35.3 Å². The minimum Gasteiger partial charge on any atom is -0.375 e. The van der Waals surface area contributed by atoms with Gasteiger partial charge in [0.15, 0.2) is 5.13 Å². The summed E-state index contributed by atoms with van der Waals surface area (Å²) in [4.78, 5) is 15.8. The molecule has 0 saturated heterocycles. The molecule has 0 radical (unpaired) electrons. The molecule has 0 spiro atoms. The van der Waals surface area contributed by atoms with Gasteiger partial charge < -0.3 is 11.1 Å². The lowest BCUT2D eigenvalue weighted by Crippen LogP contribution is -2.21. The lowest BCUT2D eigenvalue weighted by atomic mass is 10.3. The van der Waals surface area contributed by atoms with Crippen molar-refractivity contribution in [2.75, 3.05) is 18.1 Å². The molecular weight excluding hydrogens is 300 g/mol. The Morgan fingerprint density at radius 1 is 1.35 bits per heavy atom. The van der Waals surface area contributed by atoms with Crippen molar-refractivity contribution in [3.63, 3.8) is 0 Å². The average molecular weight is 312 g/mol. The SMILES string of the molecule is CNS(=O)(=O)c1ccccc1NC(=O)c1csc(N)n1. The van der Waals surface area contributed by atoms with Crippen LogP contribution in [0.5, 0.6) is 0 Å². The maximum Gasteiger partial charge on any atom is 0.275 e. The van der Waals surface area contributed by atoms with Crippen molar-refractivity contribution >= 4 is 38.1 Å². The predicted octanol–water partition coefficient (Wildman–Crippen LogP) is 0.886. The topological polar surface area (TPSA) is 114 Å². The summed E-state index contributed by atoms with van der Waals surface area (Å²) in [6, 6.07) is 6.09. The number of para-hydroxylation sites is 1. The molecule has 0 atom stereocenters. The molecule has 0 bridgehead atoms. The maximum atomic E-state index is 12.0. The lowest BCUT2D eigenvalue weighted by molar-refractivity contribution is 0.102. The molecule has 20 heavy (non-hydrogen) atoms. The number of aromatic nitrogens is 1. The zero-order valence-corrected chi connectivity index (χ0v) is 12.1. The molecule has 4 N–H and O–H groups in total. The van der Waals surface area contributed by atoms with Crippen molar-refractivity contribution < 1.29 is 13.2 Å². The van der Waals surface area contributed by atoms with Crippen LogP contribution in [0.25, 0.3) is 0 Å². The second-order valence-electron chi connectivity index (χ2n) is 3.73. The molecule has 9 heteroatoms. The fourth-order valence-electron chi connectivity index (χ4n) is 1.49. The highest BCUT2D eigenvalue weighted by molar-refractivity contribution is 7.89. The Bertz CT molecular complexity index is 740. The van der Waals surface area contributed by atoms with Crippen molar-refractivity contribution in [1.82, 2.24) is 9.71 Å². The average Bonchev–Trinajstić information content (AvgIpc) is 2.86. The van der Waals surface area contributed by atoms with E-state index in [1.807, 2.05) is 0 Å².